The van der Waals surface area contributed by atoms with Crippen molar-refractivity contribution < 1.29 is 29.2 Å². The van der Waals surface area contributed by atoms with Crippen LogP contribution in [0.5, 0.6) is 0 Å². The van der Waals surface area contributed by atoms with E-state index in [-0.39, 0.29) is 37.6 Å². The quantitative estimate of drug-likeness (QED) is 0.660. The smallest absolute Gasteiger partial charge is 0.115 e. The standard InChI is InChI=1S/C12H22O6/c1-7(13)3-15-9-5-17-12-10(6-18-11(9)12)16-4-8(2)14/h7-14H,3-6H2,1-2H3/t7?,8?,9-,10+,11?,12?. The maximum Gasteiger partial charge on any atom is 0.115 e. The minimum absolute atomic E-state index is 0.136. The Hall–Kier alpha value is -0.240. The first-order valence-corrected chi connectivity index (χ1v) is 6.40. The van der Waals surface area contributed by atoms with E-state index in [1.165, 1.54) is 0 Å². The molecule has 0 aliphatic carbocycles. The summed E-state index contributed by atoms with van der Waals surface area (Å²) in [6.07, 6.45) is -1.56. The zero-order valence-electron chi connectivity index (χ0n) is 10.8. The lowest BCUT2D eigenvalue weighted by Gasteiger charge is -2.18. The summed E-state index contributed by atoms with van der Waals surface area (Å²) in [5, 5.41) is 18.4. The van der Waals surface area contributed by atoms with Gasteiger partial charge in [-0.15, -0.1) is 0 Å². The predicted molar refractivity (Wildman–Crippen MR) is 62.3 cm³/mol. The lowest BCUT2D eigenvalue weighted by atomic mass is 10.1. The van der Waals surface area contributed by atoms with Crippen LogP contribution in [0.2, 0.25) is 0 Å². The van der Waals surface area contributed by atoms with Crippen molar-refractivity contribution >= 4 is 0 Å². The molecule has 0 saturated carbocycles. The second-order valence-corrected chi connectivity index (χ2v) is 5.04. The molecule has 6 heteroatoms. The number of hydrogen-bond acceptors (Lipinski definition) is 6. The molecule has 0 radical (unpaired) electrons. The molecule has 2 aliphatic heterocycles. The van der Waals surface area contributed by atoms with Crippen molar-refractivity contribution in [3.8, 4) is 0 Å². The van der Waals surface area contributed by atoms with E-state index in [0.29, 0.717) is 13.2 Å². The van der Waals surface area contributed by atoms with Crippen LogP contribution in [-0.4, -0.2) is 73.3 Å². The van der Waals surface area contributed by atoms with Crippen molar-refractivity contribution in [2.45, 2.75) is 50.5 Å². The summed E-state index contributed by atoms with van der Waals surface area (Å²) in [6.45, 7) is 4.82. The van der Waals surface area contributed by atoms with Crippen LogP contribution < -0.4 is 0 Å². The van der Waals surface area contributed by atoms with Gasteiger partial charge < -0.3 is 29.2 Å². The summed E-state index contributed by atoms with van der Waals surface area (Å²) >= 11 is 0. The fourth-order valence-corrected chi connectivity index (χ4v) is 2.24. The highest BCUT2D eigenvalue weighted by molar-refractivity contribution is 4.96. The minimum Gasteiger partial charge on any atom is -0.391 e. The zero-order valence-corrected chi connectivity index (χ0v) is 10.8. The molecule has 0 aromatic rings. The fourth-order valence-electron chi connectivity index (χ4n) is 2.24. The first-order chi connectivity index (χ1) is 8.58. The summed E-state index contributed by atoms with van der Waals surface area (Å²) in [5.41, 5.74) is 0. The topological polar surface area (TPSA) is 77.4 Å². The third-order valence-electron chi connectivity index (χ3n) is 3.07. The maximum atomic E-state index is 9.19. The molecule has 0 aromatic carbocycles. The lowest BCUT2D eigenvalue weighted by Crippen LogP contribution is -2.35. The molecule has 4 unspecified atom stereocenters. The highest BCUT2D eigenvalue weighted by Gasteiger charge is 2.48. The van der Waals surface area contributed by atoms with E-state index in [1.807, 2.05) is 0 Å². The number of rotatable bonds is 6. The molecule has 6 atom stereocenters. The number of hydrogen-bond donors (Lipinski definition) is 2. The van der Waals surface area contributed by atoms with Crippen LogP contribution in [0, 0.1) is 0 Å². The molecular weight excluding hydrogens is 240 g/mol. The fraction of sp³-hybridized carbons (Fsp3) is 1.00. The number of fused-ring (bicyclic) bond motifs is 1. The van der Waals surface area contributed by atoms with E-state index >= 15 is 0 Å². The molecule has 0 spiro atoms. The Morgan fingerprint density at radius 2 is 1.33 bits per heavy atom. The Morgan fingerprint density at radius 1 is 0.944 bits per heavy atom. The van der Waals surface area contributed by atoms with Crippen LogP contribution in [0.1, 0.15) is 13.8 Å². The van der Waals surface area contributed by atoms with E-state index in [4.69, 9.17) is 18.9 Å². The van der Waals surface area contributed by atoms with Crippen molar-refractivity contribution in [2.75, 3.05) is 26.4 Å². The summed E-state index contributed by atoms with van der Waals surface area (Å²) in [7, 11) is 0. The second kappa shape index (κ2) is 6.27. The van der Waals surface area contributed by atoms with Gasteiger partial charge in [0, 0.05) is 0 Å². The zero-order chi connectivity index (χ0) is 13.1. The van der Waals surface area contributed by atoms with E-state index in [1.54, 1.807) is 13.8 Å². The molecule has 2 heterocycles. The Kier molecular flexibility index (Phi) is 4.94. The molecule has 2 fully saturated rings. The Balaban J connectivity index is 1.79. The van der Waals surface area contributed by atoms with E-state index < -0.39 is 12.2 Å². The van der Waals surface area contributed by atoms with E-state index in [0.717, 1.165) is 0 Å². The molecule has 6 nitrogen and oxygen atoms in total. The van der Waals surface area contributed by atoms with Crippen LogP contribution in [0.25, 0.3) is 0 Å². The van der Waals surface area contributed by atoms with Crippen LogP contribution in [-0.2, 0) is 18.9 Å². The minimum atomic E-state index is -0.493. The molecule has 18 heavy (non-hydrogen) atoms. The van der Waals surface area contributed by atoms with Gasteiger partial charge in [-0.2, -0.15) is 0 Å². The Bertz CT molecular complexity index is 231. The molecule has 0 bridgehead atoms. The SMILES string of the molecule is CC(O)CO[C@H]1COC2C1OC[C@H]2OCC(C)O. The molecule has 0 aromatic heterocycles. The molecule has 2 rings (SSSR count). The molecule has 2 saturated heterocycles. The third kappa shape index (κ3) is 3.40. The Labute approximate surface area is 107 Å². The first kappa shape index (κ1) is 14.2. The maximum absolute atomic E-state index is 9.19. The van der Waals surface area contributed by atoms with E-state index in [2.05, 4.69) is 0 Å². The molecule has 0 amide bonds. The molecule has 106 valence electrons. The summed E-state index contributed by atoms with van der Waals surface area (Å²) in [5.74, 6) is 0. The average molecular weight is 262 g/mol. The van der Waals surface area contributed by atoms with Crippen molar-refractivity contribution in [3.05, 3.63) is 0 Å². The lowest BCUT2D eigenvalue weighted by molar-refractivity contribution is -0.0727. The molecule has 2 N–H and O–H groups in total. The van der Waals surface area contributed by atoms with Gasteiger partial charge in [-0.3, -0.25) is 0 Å². The Morgan fingerprint density at radius 3 is 1.67 bits per heavy atom. The van der Waals surface area contributed by atoms with Crippen molar-refractivity contribution in [3.63, 3.8) is 0 Å². The summed E-state index contributed by atoms with van der Waals surface area (Å²) in [6, 6.07) is 0. The largest absolute Gasteiger partial charge is 0.391 e. The van der Waals surface area contributed by atoms with Gasteiger partial charge in [0.05, 0.1) is 38.6 Å². The van der Waals surface area contributed by atoms with Gasteiger partial charge in [-0.1, -0.05) is 0 Å². The van der Waals surface area contributed by atoms with Gasteiger partial charge in [0.15, 0.2) is 0 Å². The van der Waals surface area contributed by atoms with Gasteiger partial charge in [-0.25, -0.2) is 0 Å². The van der Waals surface area contributed by atoms with Gasteiger partial charge in [0.25, 0.3) is 0 Å². The summed E-state index contributed by atoms with van der Waals surface area (Å²) in [4.78, 5) is 0. The van der Waals surface area contributed by atoms with Gasteiger partial charge in [0.2, 0.25) is 0 Å². The van der Waals surface area contributed by atoms with Crippen molar-refractivity contribution in [2.24, 2.45) is 0 Å². The van der Waals surface area contributed by atoms with Gasteiger partial charge >= 0.3 is 0 Å². The van der Waals surface area contributed by atoms with Crippen molar-refractivity contribution in [1.29, 1.82) is 0 Å². The third-order valence-corrected chi connectivity index (χ3v) is 3.07. The van der Waals surface area contributed by atoms with Crippen LogP contribution in [0.4, 0.5) is 0 Å². The van der Waals surface area contributed by atoms with Crippen LogP contribution >= 0.6 is 0 Å². The normalized spacial score (nSPS) is 38.7. The van der Waals surface area contributed by atoms with Crippen molar-refractivity contribution in [1.82, 2.24) is 0 Å². The van der Waals surface area contributed by atoms with Crippen LogP contribution in [0.3, 0.4) is 0 Å². The number of aliphatic hydroxyl groups excluding tert-OH is 2. The van der Waals surface area contributed by atoms with Crippen LogP contribution in [0.15, 0.2) is 0 Å². The number of aliphatic hydroxyl groups is 2. The van der Waals surface area contributed by atoms with Gasteiger partial charge in [-0.05, 0) is 13.8 Å². The molecule has 2 aliphatic rings. The average Bonchev–Trinajstić information content (AvgIpc) is 2.85. The van der Waals surface area contributed by atoms with Gasteiger partial charge in [0.1, 0.15) is 24.4 Å². The monoisotopic (exact) mass is 262 g/mol. The highest BCUT2D eigenvalue weighted by Crippen LogP contribution is 2.30. The predicted octanol–water partition coefficient (Wildman–Crippen LogP) is -0.684. The molecular formula is C12H22O6. The number of ether oxygens (including phenoxy) is 4. The highest BCUT2D eigenvalue weighted by atomic mass is 16.6. The first-order valence-electron chi connectivity index (χ1n) is 6.40. The summed E-state index contributed by atoms with van der Waals surface area (Å²) < 4.78 is 22.4. The van der Waals surface area contributed by atoms with E-state index in [9.17, 15) is 10.2 Å². The second-order valence-electron chi connectivity index (χ2n) is 5.04.